The van der Waals surface area contributed by atoms with Crippen molar-refractivity contribution in [1.82, 2.24) is 14.7 Å². The Morgan fingerprint density at radius 2 is 1.96 bits per heavy atom. The van der Waals surface area contributed by atoms with E-state index in [4.69, 9.17) is 5.10 Å². The van der Waals surface area contributed by atoms with Gasteiger partial charge in [-0.2, -0.15) is 5.10 Å². The average molecular weight is 368 g/mol. The molecule has 1 saturated carbocycles. The van der Waals surface area contributed by atoms with Crippen LogP contribution in [0, 0.1) is 0 Å². The first-order valence-electron chi connectivity index (χ1n) is 9.37. The SMILES string of the molecule is CC(=O)N(C)Cc1cccc(NC(=O)c2cc(C3CC3)nn2C(C)(C)C)c1. The van der Waals surface area contributed by atoms with E-state index in [-0.39, 0.29) is 17.4 Å². The second-order valence-electron chi connectivity index (χ2n) is 8.34. The quantitative estimate of drug-likeness (QED) is 0.874. The van der Waals surface area contributed by atoms with Gasteiger partial charge in [-0.25, -0.2) is 0 Å². The van der Waals surface area contributed by atoms with Gasteiger partial charge in [0, 0.05) is 32.1 Å². The molecule has 0 bridgehead atoms. The summed E-state index contributed by atoms with van der Waals surface area (Å²) in [5, 5.41) is 7.68. The zero-order valence-corrected chi connectivity index (χ0v) is 16.7. The van der Waals surface area contributed by atoms with E-state index in [1.54, 1.807) is 11.9 Å². The fraction of sp³-hybridized carbons (Fsp3) is 0.476. The van der Waals surface area contributed by atoms with Gasteiger partial charge in [-0.3, -0.25) is 14.3 Å². The highest BCUT2D eigenvalue weighted by atomic mass is 16.2. The van der Waals surface area contributed by atoms with Crippen molar-refractivity contribution in [2.24, 2.45) is 0 Å². The highest BCUT2D eigenvalue weighted by molar-refractivity contribution is 6.03. The average Bonchev–Trinajstić information content (AvgIpc) is 3.31. The molecular formula is C21H28N4O2. The molecule has 1 fully saturated rings. The molecule has 0 unspecified atom stereocenters. The third kappa shape index (κ3) is 4.56. The molecule has 6 nitrogen and oxygen atoms in total. The second kappa shape index (κ2) is 7.18. The molecule has 3 rings (SSSR count). The lowest BCUT2D eigenvalue weighted by Crippen LogP contribution is -2.29. The van der Waals surface area contributed by atoms with Gasteiger partial charge in [0.1, 0.15) is 5.69 Å². The Labute approximate surface area is 160 Å². The summed E-state index contributed by atoms with van der Waals surface area (Å²) < 4.78 is 1.82. The van der Waals surface area contributed by atoms with Crippen molar-refractivity contribution < 1.29 is 9.59 Å². The van der Waals surface area contributed by atoms with E-state index >= 15 is 0 Å². The molecule has 0 aliphatic heterocycles. The molecule has 1 N–H and O–H groups in total. The number of benzene rings is 1. The highest BCUT2D eigenvalue weighted by Crippen LogP contribution is 2.40. The summed E-state index contributed by atoms with van der Waals surface area (Å²) in [5.74, 6) is 0.332. The van der Waals surface area contributed by atoms with Gasteiger partial charge in [-0.15, -0.1) is 0 Å². The van der Waals surface area contributed by atoms with E-state index < -0.39 is 0 Å². The number of carbonyl (C=O) groups excluding carboxylic acids is 2. The summed E-state index contributed by atoms with van der Waals surface area (Å²) in [4.78, 5) is 26.0. The predicted molar refractivity (Wildman–Crippen MR) is 106 cm³/mol. The van der Waals surface area contributed by atoms with E-state index in [0.29, 0.717) is 23.8 Å². The van der Waals surface area contributed by atoms with Crippen LogP contribution in [-0.4, -0.2) is 33.5 Å². The molecular weight excluding hydrogens is 340 g/mol. The first-order valence-corrected chi connectivity index (χ1v) is 9.37. The van der Waals surface area contributed by atoms with E-state index in [2.05, 4.69) is 5.32 Å². The maximum absolute atomic E-state index is 12.9. The molecule has 2 amide bonds. The van der Waals surface area contributed by atoms with Crippen LogP contribution in [0.3, 0.4) is 0 Å². The van der Waals surface area contributed by atoms with Crippen LogP contribution in [0.4, 0.5) is 5.69 Å². The number of aromatic nitrogens is 2. The number of anilines is 1. The largest absolute Gasteiger partial charge is 0.342 e. The van der Waals surface area contributed by atoms with E-state index in [1.165, 1.54) is 6.92 Å². The van der Waals surface area contributed by atoms with Crippen molar-refractivity contribution in [3.63, 3.8) is 0 Å². The van der Waals surface area contributed by atoms with Gasteiger partial charge < -0.3 is 10.2 Å². The summed E-state index contributed by atoms with van der Waals surface area (Å²) in [6.07, 6.45) is 2.29. The fourth-order valence-electron chi connectivity index (χ4n) is 2.98. The van der Waals surface area contributed by atoms with Crippen molar-refractivity contribution in [1.29, 1.82) is 0 Å². The molecule has 1 aliphatic carbocycles. The summed E-state index contributed by atoms with van der Waals surface area (Å²) in [7, 11) is 1.76. The lowest BCUT2D eigenvalue weighted by atomic mass is 10.1. The van der Waals surface area contributed by atoms with E-state index in [0.717, 1.165) is 24.1 Å². The summed E-state index contributed by atoms with van der Waals surface area (Å²) in [5.41, 5.74) is 2.99. The zero-order valence-electron chi connectivity index (χ0n) is 16.7. The number of amides is 2. The van der Waals surface area contributed by atoms with Crippen LogP contribution in [0.2, 0.25) is 0 Å². The standard InChI is InChI=1S/C21H28N4O2/c1-14(26)24(5)13-15-7-6-8-17(11-15)22-20(27)19-12-18(16-9-10-16)23-25(19)21(2,3)4/h6-8,11-12,16H,9-10,13H2,1-5H3,(H,22,27). The van der Waals surface area contributed by atoms with Crippen LogP contribution in [0.25, 0.3) is 0 Å². The normalized spacial score (nSPS) is 14.1. The molecule has 1 aliphatic rings. The molecule has 27 heavy (non-hydrogen) atoms. The second-order valence-corrected chi connectivity index (χ2v) is 8.34. The summed E-state index contributed by atoms with van der Waals surface area (Å²) in [6, 6.07) is 9.51. The van der Waals surface area contributed by atoms with Crippen LogP contribution in [0.1, 0.15) is 68.2 Å². The smallest absolute Gasteiger partial charge is 0.273 e. The number of carbonyl (C=O) groups is 2. The lowest BCUT2D eigenvalue weighted by Gasteiger charge is -2.22. The minimum Gasteiger partial charge on any atom is -0.342 e. The first kappa shape index (κ1) is 19.1. The van der Waals surface area contributed by atoms with Gasteiger partial charge in [0.2, 0.25) is 5.91 Å². The number of hydrogen-bond donors (Lipinski definition) is 1. The number of rotatable bonds is 5. The Balaban J connectivity index is 1.80. The van der Waals surface area contributed by atoms with Crippen LogP contribution in [0.15, 0.2) is 30.3 Å². The molecule has 1 heterocycles. The lowest BCUT2D eigenvalue weighted by molar-refractivity contribution is -0.128. The monoisotopic (exact) mass is 368 g/mol. The number of nitrogens with one attached hydrogen (secondary N) is 1. The topological polar surface area (TPSA) is 67.2 Å². The third-order valence-electron chi connectivity index (χ3n) is 4.73. The van der Waals surface area contributed by atoms with Gasteiger partial charge in [0.15, 0.2) is 0 Å². The molecule has 6 heteroatoms. The molecule has 0 radical (unpaired) electrons. The predicted octanol–water partition coefficient (Wildman–Crippen LogP) is 3.75. The van der Waals surface area contributed by atoms with E-state index in [1.807, 2.05) is 55.8 Å². The molecule has 1 aromatic heterocycles. The Morgan fingerprint density at radius 1 is 1.26 bits per heavy atom. The van der Waals surface area contributed by atoms with Crippen LogP contribution < -0.4 is 5.32 Å². The summed E-state index contributed by atoms with van der Waals surface area (Å²) in [6.45, 7) is 8.19. The highest BCUT2D eigenvalue weighted by Gasteiger charge is 2.31. The van der Waals surface area contributed by atoms with Crippen molar-refractivity contribution in [2.75, 3.05) is 12.4 Å². The zero-order chi connectivity index (χ0) is 19.8. The first-order chi connectivity index (χ1) is 12.6. The van der Waals surface area contributed by atoms with Crippen LogP contribution >= 0.6 is 0 Å². The third-order valence-corrected chi connectivity index (χ3v) is 4.73. The van der Waals surface area contributed by atoms with Crippen LogP contribution in [0.5, 0.6) is 0 Å². The Bertz CT molecular complexity index is 859. The number of hydrogen-bond acceptors (Lipinski definition) is 3. The van der Waals surface area contributed by atoms with Crippen LogP contribution in [-0.2, 0) is 16.9 Å². The minimum atomic E-state index is -0.272. The Kier molecular flexibility index (Phi) is 5.09. The molecule has 0 atom stereocenters. The molecule has 0 saturated heterocycles. The van der Waals surface area contributed by atoms with E-state index in [9.17, 15) is 9.59 Å². The number of nitrogens with zero attached hydrogens (tertiary/aromatic N) is 3. The van der Waals surface area contributed by atoms with Crippen molar-refractivity contribution >= 4 is 17.5 Å². The molecule has 144 valence electrons. The van der Waals surface area contributed by atoms with Gasteiger partial charge in [-0.05, 0) is 57.4 Å². The molecule has 2 aromatic rings. The van der Waals surface area contributed by atoms with Gasteiger partial charge in [-0.1, -0.05) is 12.1 Å². The Morgan fingerprint density at radius 3 is 2.56 bits per heavy atom. The van der Waals surface area contributed by atoms with Gasteiger partial charge >= 0.3 is 0 Å². The van der Waals surface area contributed by atoms with Gasteiger partial charge in [0.25, 0.3) is 5.91 Å². The molecule has 0 spiro atoms. The van der Waals surface area contributed by atoms with Crippen molar-refractivity contribution in [3.8, 4) is 0 Å². The molecule has 1 aromatic carbocycles. The van der Waals surface area contributed by atoms with Gasteiger partial charge in [0.05, 0.1) is 11.2 Å². The minimum absolute atomic E-state index is 0.00567. The maximum Gasteiger partial charge on any atom is 0.273 e. The maximum atomic E-state index is 12.9. The Hall–Kier alpha value is -2.63. The van der Waals surface area contributed by atoms with Crippen molar-refractivity contribution in [2.45, 2.75) is 58.5 Å². The summed E-state index contributed by atoms with van der Waals surface area (Å²) >= 11 is 0. The fourth-order valence-corrected chi connectivity index (χ4v) is 2.98. The van der Waals surface area contributed by atoms with Crippen molar-refractivity contribution in [3.05, 3.63) is 47.3 Å².